The summed E-state index contributed by atoms with van der Waals surface area (Å²) in [4.78, 5) is 25.8. The number of benzene rings is 1. The average molecular weight is 318 g/mol. The molecule has 23 heavy (non-hydrogen) atoms. The van der Waals surface area contributed by atoms with Crippen molar-refractivity contribution in [2.75, 3.05) is 13.2 Å². The van der Waals surface area contributed by atoms with Crippen molar-refractivity contribution in [1.82, 2.24) is 10.2 Å². The van der Waals surface area contributed by atoms with Crippen LogP contribution in [0.2, 0.25) is 0 Å². The molecule has 2 fully saturated rings. The molecular weight excluding hydrogens is 296 g/mol. The maximum Gasteiger partial charge on any atom is 0.325 e. The number of ether oxygens (including phenoxy) is 1. The van der Waals surface area contributed by atoms with E-state index >= 15 is 0 Å². The Morgan fingerprint density at radius 3 is 2.57 bits per heavy atom. The molecule has 3 rings (SSSR count). The van der Waals surface area contributed by atoms with Crippen LogP contribution in [0.25, 0.3) is 0 Å². The lowest BCUT2D eigenvalue weighted by Gasteiger charge is -2.30. The van der Waals surface area contributed by atoms with E-state index in [0.717, 1.165) is 24.2 Å². The molecule has 0 unspecified atom stereocenters. The summed E-state index contributed by atoms with van der Waals surface area (Å²) in [5.74, 6) is 0.438. The number of para-hydroxylation sites is 1. The molecule has 1 spiro atoms. The first-order chi connectivity index (χ1) is 11.1. The predicted molar refractivity (Wildman–Crippen MR) is 84.0 cm³/mol. The van der Waals surface area contributed by atoms with Gasteiger partial charge in [-0.25, -0.2) is 4.79 Å². The highest BCUT2D eigenvalue weighted by Crippen LogP contribution is 2.33. The van der Waals surface area contributed by atoms with E-state index in [9.17, 15) is 14.7 Å². The second-order valence-corrected chi connectivity index (χ2v) is 6.27. The quantitative estimate of drug-likeness (QED) is 0.810. The highest BCUT2D eigenvalue weighted by Gasteiger charge is 2.51. The number of hydrogen-bond donors (Lipinski definition) is 2. The van der Waals surface area contributed by atoms with Gasteiger partial charge in [0, 0.05) is 0 Å². The molecule has 0 bridgehead atoms. The minimum Gasteiger partial charge on any atom is -0.491 e. The molecule has 2 aliphatic rings. The van der Waals surface area contributed by atoms with Crippen LogP contribution in [0.3, 0.4) is 0 Å². The maximum absolute atomic E-state index is 12.6. The topological polar surface area (TPSA) is 78.9 Å². The lowest BCUT2D eigenvalue weighted by Crippen LogP contribution is -2.48. The molecular formula is C17H22N2O4. The Hall–Kier alpha value is -2.08. The molecule has 6 nitrogen and oxygen atoms in total. The number of urea groups is 1. The van der Waals surface area contributed by atoms with Gasteiger partial charge in [0.15, 0.2) is 0 Å². The normalized spacial score (nSPS) is 21.3. The van der Waals surface area contributed by atoms with Crippen LogP contribution < -0.4 is 10.1 Å². The Kier molecular flexibility index (Phi) is 4.52. The third-order valence-electron chi connectivity index (χ3n) is 4.53. The number of amides is 3. The molecule has 1 saturated heterocycles. The molecule has 1 atom stereocenters. The number of aliphatic hydroxyl groups is 1. The van der Waals surface area contributed by atoms with Gasteiger partial charge in [-0.15, -0.1) is 0 Å². The zero-order valence-corrected chi connectivity index (χ0v) is 13.0. The van der Waals surface area contributed by atoms with Crippen LogP contribution in [-0.4, -0.2) is 46.7 Å². The summed E-state index contributed by atoms with van der Waals surface area (Å²) in [6.45, 7) is -0.00662. The summed E-state index contributed by atoms with van der Waals surface area (Å²) in [5.41, 5.74) is -0.741. The molecule has 2 N–H and O–H groups in total. The van der Waals surface area contributed by atoms with E-state index in [4.69, 9.17) is 4.74 Å². The number of rotatable bonds is 5. The fraction of sp³-hybridized carbons (Fsp3) is 0.529. The van der Waals surface area contributed by atoms with E-state index in [1.807, 2.05) is 18.2 Å². The summed E-state index contributed by atoms with van der Waals surface area (Å²) < 4.78 is 5.47. The Labute approximate surface area is 135 Å². The van der Waals surface area contributed by atoms with Crippen LogP contribution in [0.1, 0.15) is 32.1 Å². The number of carbonyl (C=O) groups is 2. The molecule has 0 aromatic heterocycles. The van der Waals surface area contributed by atoms with Crippen molar-refractivity contribution < 1.29 is 19.4 Å². The largest absolute Gasteiger partial charge is 0.491 e. The molecule has 0 radical (unpaired) electrons. The van der Waals surface area contributed by atoms with Crippen molar-refractivity contribution in [3.63, 3.8) is 0 Å². The zero-order chi connectivity index (χ0) is 16.3. The van der Waals surface area contributed by atoms with E-state index in [2.05, 4.69) is 5.32 Å². The van der Waals surface area contributed by atoms with Crippen LogP contribution in [-0.2, 0) is 4.79 Å². The minimum absolute atomic E-state index is 0.0358. The van der Waals surface area contributed by atoms with Crippen molar-refractivity contribution in [2.24, 2.45) is 0 Å². The van der Waals surface area contributed by atoms with Gasteiger partial charge < -0.3 is 15.2 Å². The van der Waals surface area contributed by atoms with Crippen molar-refractivity contribution in [3.8, 4) is 5.75 Å². The van der Waals surface area contributed by atoms with Gasteiger partial charge >= 0.3 is 6.03 Å². The van der Waals surface area contributed by atoms with Gasteiger partial charge in [-0.05, 0) is 25.0 Å². The molecule has 1 aromatic rings. The molecule has 6 heteroatoms. The maximum atomic E-state index is 12.6. The fourth-order valence-corrected chi connectivity index (χ4v) is 3.31. The van der Waals surface area contributed by atoms with Crippen LogP contribution >= 0.6 is 0 Å². The monoisotopic (exact) mass is 318 g/mol. The van der Waals surface area contributed by atoms with Crippen LogP contribution in [0.15, 0.2) is 30.3 Å². The Morgan fingerprint density at radius 2 is 1.87 bits per heavy atom. The van der Waals surface area contributed by atoms with Crippen molar-refractivity contribution >= 4 is 11.9 Å². The van der Waals surface area contributed by atoms with E-state index in [-0.39, 0.29) is 19.1 Å². The van der Waals surface area contributed by atoms with Crippen LogP contribution in [0.5, 0.6) is 5.75 Å². The summed E-state index contributed by atoms with van der Waals surface area (Å²) in [5, 5.41) is 12.9. The SMILES string of the molecule is O=C1NC2(CCCCC2)C(=O)N1C[C@@H](O)COc1ccccc1. The lowest BCUT2D eigenvalue weighted by atomic mass is 9.82. The highest BCUT2D eigenvalue weighted by atomic mass is 16.5. The van der Waals surface area contributed by atoms with Crippen molar-refractivity contribution in [2.45, 2.75) is 43.7 Å². The molecule has 1 saturated carbocycles. The second-order valence-electron chi connectivity index (χ2n) is 6.27. The minimum atomic E-state index is -0.913. The van der Waals surface area contributed by atoms with E-state index < -0.39 is 17.7 Å². The first-order valence-electron chi connectivity index (χ1n) is 8.11. The second kappa shape index (κ2) is 6.58. The van der Waals surface area contributed by atoms with Crippen molar-refractivity contribution in [1.29, 1.82) is 0 Å². The molecule has 1 aromatic carbocycles. The van der Waals surface area contributed by atoms with Gasteiger partial charge in [0.2, 0.25) is 0 Å². The van der Waals surface area contributed by atoms with Gasteiger partial charge in [0.05, 0.1) is 6.54 Å². The Morgan fingerprint density at radius 1 is 1.17 bits per heavy atom. The fourth-order valence-electron chi connectivity index (χ4n) is 3.31. The van der Waals surface area contributed by atoms with Crippen LogP contribution in [0, 0.1) is 0 Å². The average Bonchev–Trinajstić information content (AvgIpc) is 2.79. The van der Waals surface area contributed by atoms with Crippen molar-refractivity contribution in [3.05, 3.63) is 30.3 Å². The first kappa shape index (κ1) is 15.8. The molecule has 1 aliphatic heterocycles. The summed E-state index contributed by atoms with van der Waals surface area (Å²) in [6.07, 6.45) is 3.44. The summed E-state index contributed by atoms with van der Waals surface area (Å²) in [6, 6.07) is 8.73. The van der Waals surface area contributed by atoms with Crippen LogP contribution in [0.4, 0.5) is 4.79 Å². The van der Waals surface area contributed by atoms with Gasteiger partial charge in [-0.3, -0.25) is 9.69 Å². The first-order valence-corrected chi connectivity index (χ1v) is 8.11. The lowest BCUT2D eigenvalue weighted by molar-refractivity contribution is -0.133. The number of aliphatic hydroxyl groups excluding tert-OH is 1. The van der Waals surface area contributed by atoms with Gasteiger partial charge in [-0.2, -0.15) is 0 Å². The van der Waals surface area contributed by atoms with E-state index in [1.54, 1.807) is 12.1 Å². The number of β-amino-alcohol motifs (C(OH)–C–C–N with tert-alkyl or cyclic N) is 1. The number of imide groups is 1. The molecule has 1 aliphatic carbocycles. The smallest absolute Gasteiger partial charge is 0.325 e. The summed E-state index contributed by atoms with van der Waals surface area (Å²) in [7, 11) is 0. The number of nitrogens with zero attached hydrogens (tertiary/aromatic N) is 1. The predicted octanol–water partition coefficient (Wildman–Crippen LogP) is 1.68. The third-order valence-corrected chi connectivity index (χ3v) is 4.53. The third kappa shape index (κ3) is 3.32. The number of nitrogens with one attached hydrogen (secondary N) is 1. The molecule has 1 heterocycles. The Bertz CT molecular complexity index is 569. The highest BCUT2D eigenvalue weighted by molar-refractivity contribution is 6.07. The number of carbonyl (C=O) groups excluding carboxylic acids is 2. The van der Waals surface area contributed by atoms with Gasteiger partial charge in [0.25, 0.3) is 5.91 Å². The van der Waals surface area contributed by atoms with Gasteiger partial charge in [0.1, 0.15) is 24.0 Å². The zero-order valence-electron chi connectivity index (χ0n) is 13.0. The summed E-state index contributed by atoms with van der Waals surface area (Å²) >= 11 is 0. The molecule has 3 amide bonds. The van der Waals surface area contributed by atoms with Gasteiger partial charge in [-0.1, -0.05) is 37.5 Å². The standard InChI is InChI=1S/C17H22N2O4/c20-13(12-23-14-7-3-1-4-8-14)11-19-15(21)17(18-16(19)22)9-5-2-6-10-17/h1,3-4,7-8,13,20H,2,5-6,9-12H2,(H,18,22)/t13-/m1/s1. The Balaban J connectivity index is 1.56. The van der Waals surface area contributed by atoms with E-state index in [1.165, 1.54) is 0 Å². The molecule has 124 valence electrons. The number of hydrogen-bond acceptors (Lipinski definition) is 4. The van der Waals surface area contributed by atoms with E-state index in [0.29, 0.717) is 18.6 Å².